The van der Waals surface area contributed by atoms with Crippen LogP contribution in [0.2, 0.25) is 0 Å². The Balaban J connectivity index is 1.67. The number of sulfone groups is 1. The maximum absolute atomic E-state index is 12.4. The van der Waals surface area contributed by atoms with E-state index >= 15 is 0 Å². The zero-order chi connectivity index (χ0) is 17.0. The van der Waals surface area contributed by atoms with Crippen molar-refractivity contribution in [3.63, 3.8) is 0 Å². The highest BCUT2D eigenvalue weighted by molar-refractivity contribution is 7.91. The summed E-state index contributed by atoms with van der Waals surface area (Å²) < 4.78 is 30.1. The fraction of sp³-hybridized carbons (Fsp3) is 0.294. The first-order valence-electron chi connectivity index (χ1n) is 7.70. The van der Waals surface area contributed by atoms with Crippen molar-refractivity contribution >= 4 is 21.4 Å². The van der Waals surface area contributed by atoms with E-state index in [4.69, 9.17) is 4.74 Å². The third-order valence-corrected chi connectivity index (χ3v) is 5.64. The number of carbonyl (C=O) groups is 1. The third kappa shape index (κ3) is 3.98. The number of benzene rings is 1. The molecule has 0 spiro atoms. The van der Waals surface area contributed by atoms with Crippen LogP contribution in [0.5, 0.6) is 0 Å². The van der Waals surface area contributed by atoms with Crippen molar-refractivity contribution in [3.05, 3.63) is 54.4 Å². The molecule has 0 saturated carbocycles. The second-order valence-electron chi connectivity index (χ2n) is 5.63. The number of hydrogen-bond donors (Lipinski definition) is 1. The molecular weight excluding hydrogens is 328 g/mol. The van der Waals surface area contributed by atoms with Gasteiger partial charge in [0.1, 0.15) is 0 Å². The molecule has 1 aromatic carbocycles. The molecule has 1 aliphatic heterocycles. The Labute approximate surface area is 140 Å². The van der Waals surface area contributed by atoms with Crippen LogP contribution in [-0.2, 0) is 14.6 Å². The SMILES string of the molecule is O=C(Nc1ccc(S(=O)(=O)C[C@H]2CCCO2)cc1)c1ccncc1. The molecule has 2 aromatic rings. The summed E-state index contributed by atoms with van der Waals surface area (Å²) in [6.45, 7) is 0.625. The van der Waals surface area contributed by atoms with E-state index < -0.39 is 9.84 Å². The lowest BCUT2D eigenvalue weighted by molar-refractivity contribution is 0.102. The number of carbonyl (C=O) groups excluding carboxylic acids is 1. The summed E-state index contributed by atoms with van der Waals surface area (Å²) in [6.07, 6.45) is 4.53. The number of hydrogen-bond acceptors (Lipinski definition) is 5. The minimum Gasteiger partial charge on any atom is -0.377 e. The predicted molar refractivity (Wildman–Crippen MR) is 89.7 cm³/mol. The van der Waals surface area contributed by atoms with Gasteiger partial charge in [-0.3, -0.25) is 9.78 Å². The average Bonchev–Trinajstić information content (AvgIpc) is 3.08. The van der Waals surface area contributed by atoms with Crippen molar-refractivity contribution in [2.45, 2.75) is 23.8 Å². The van der Waals surface area contributed by atoms with Crippen molar-refractivity contribution < 1.29 is 17.9 Å². The number of rotatable bonds is 5. The second kappa shape index (κ2) is 7.11. The van der Waals surface area contributed by atoms with Gasteiger partial charge < -0.3 is 10.1 Å². The molecule has 2 heterocycles. The van der Waals surface area contributed by atoms with Gasteiger partial charge in [0.15, 0.2) is 9.84 Å². The molecule has 6 nitrogen and oxygen atoms in total. The number of ether oxygens (including phenoxy) is 1. The van der Waals surface area contributed by atoms with E-state index in [2.05, 4.69) is 10.3 Å². The first-order chi connectivity index (χ1) is 11.5. The molecule has 0 aliphatic carbocycles. The van der Waals surface area contributed by atoms with Crippen LogP contribution < -0.4 is 5.32 Å². The van der Waals surface area contributed by atoms with Gasteiger partial charge in [-0.15, -0.1) is 0 Å². The molecule has 1 amide bonds. The van der Waals surface area contributed by atoms with Crippen LogP contribution in [-0.4, -0.2) is 37.8 Å². The summed E-state index contributed by atoms with van der Waals surface area (Å²) in [5.74, 6) is -0.275. The minimum atomic E-state index is -3.39. The molecule has 24 heavy (non-hydrogen) atoms. The van der Waals surface area contributed by atoms with Gasteiger partial charge in [0, 0.05) is 30.3 Å². The van der Waals surface area contributed by atoms with Gasteiger partial charge in [0.2, 0.25) is 0 Å². The summed E-state index contributed by atoms with van der Waals surface area (Å²) in [7, 11) is -3.39. The molecule has 7 heteroatoms. The second-order valence-corrected chi connectivity index (χ2v) is 7.67. The molecule has 3 rings (SSSR count). The zero-order valence-corrected chi connectivity index (χ0v) is 13.8. The van der Waals surface area contributed by atoms with Gasteiger partial charge in [0.25, 0.3) is 5.91 Å². The van der Waals surface area contributed by atoms with Gasteiger partial charge in [-0.05, 0) is 49.2 Å². The summed E-state index contributed by atoms with van der Waals surface area (Å²) in [5, 5.41) is 2.72. The van der Waals surface area contributed by atoms with Gasteiger partial charge >= 0.3 is 0 Å². The van der Waals surface area contributed by atoms with Crippen molar-refractivity contribution in [1.82, 2.24) is 4.98 Å². The van der Waals surface area contributed by atoms with Crippen LogP contribution in [0.25, 0.3) is 0 Å². The Bertz CT molecular complexity index is 798. The Morgan fingerprint density at radius 2 is 1.88 bits per heavy atom. The van der Waals surface area contributed by atoms with Gasteiger partial charge in [0.05, 0.1) is 16.8 Å². The van der Waals surface area contributed by atoms with Crippen LogP contribution in [0.4, 0.5) is 5.69 Å². The van der Waals surface area contributed by atoms with E-state index in [0.29, 0.717) is 17.9 Å². The lowest BCUT2D eigenvalue weighted by Gasteiger charge is -2.11. The fourth-order valence-electron chi connectivity index (χ4n) is 2.57. The van der Waals surface area contributed by atoms with Gasteiger partial charge in [-0.25, -0.2) is 8.42 Å². The van der Waals surface area contributed by atoms with Crippen LogP contribution in [0.1, 0.15) is 23.2 Å². The standard InChI is InChI=1S/C17H18N2O4S/c20-17(13-7-9-18-10-8-13)19-14-3-5-16(6-4-14)24(21,22)12-15-2-1-11-23-15/h3-10,15H,1-2,11-12H2,(H,19,20)/t15-/m1/s1. The molecule has 126 valence electrons. The quantitative estimate of drug-likeness (QED) is 0.898. The number of pyridine rings is 1. The third-order valence-electron chi connectivity index (χ3n) is 3.84. The molecule has 1 atom stereocenters. The summed E-state index contributed by atoms with van der Waals surface area (Å²) in [6, 6.07) is 9.40. The van der Waals surface area contributed by atoms with E-state index in [-0.39, 0.29) is 22.7 Å². The number of nitrogens with zero attached hydrogens (tertiary/aromatic N) is 1. The van der Waals surface area contributed by atoms with E-state index in [1.807, 2.05) is 0 Å². The molecule has 0 unspecified atom stereocenters. The van der Waals surface area contributed by atoms with Crippen LogP contribution in [0.15, 0.2) is 53.7 Å². The number of anilines is 1. The number of nitrogens with one attached hydrogen (secondary N) is 1. The summed E-state index contributed by atoms with van der Waals surface area (Å²) in [4.78, 5) is 16.1. The maximum atomic E-state index is 12.4. The van der Waals surface area contributed by atoms with Crippen molar-refractivity contribution in [3.8, 4) is 0 Å². The smallest absolute Gasteiger partial charge is 0.255 e. The molecule has 1 N–H and O–H groups in total. The Morgan fingerprint density at radius 1 is 1.17 bits per heavy atom. The topological polar surface area (TPSA) is 85.4 Å². The summed E-state index contributed by atoms with van der Waals surface area (Å²) >= 11 is 0. The van der Waals surface area contributed by atoms with Crippen LogP contribution in [0, 0.1) is 0 Å². The first kappa shape index (κ1) is 16.6. The largest absolute Gasteiger partial charge is 0.377 e. The molecular formula is C17H18N2O4S. The highest BCUT2D eigenvalue weighted by Crippen LogP contribution is 2.21. The normalized spacial score (nSPS) is 17.6. The summed E-state index contributed by atoms with van der Waals surface area (Å²) in [5.41, 5.74) is 1.02. The fourth-order valence-corrected chi connectivity index (χ4v) is 4.06. The molecule has 1 aromatic heterocycles. The zero-order valence-electron chi connectivity index (χ0n) is 13.0. The van der Waals surface area contributed by atoms with Crippen molar-refractivity contribution in [2.24, 2.45) is 0 Å². The molecule has 0 bridgehead atoms. The minimum absolute atomic E-state index is 0.00424. The maximum Gasteiger partial charge on any atom is 0.255 e. The monoisotopic (exact) mass is 346 g/mol. The van der Waals surface area contributed by atoms with Gasteiger partial charge in [-0.1, -0.05) is 0 Å². The lowest BCUT2D eigenvalue weighted by Crippen LogP contribution is -2.20. The van der Waals surface area contributed by atoms with E-state index in [1.54, 1.807) is 24.3 Å². The highest BCUT2D eigenvalue weighted by atomic mass is 32.2. The van der Waals surface area contributed by atoms with Gasteiger partial charge in [-0.2, -0.15) is 0 Å². The number of amides is 1. The lowest BCUT2D eigenvalue weighted by atomic mass is 10.2. The van der Waals surface area contributed by atoms with E-state index in [0.717, 1.165) is 12.8 Å². The Hall–Kier alpha value is -2.25. The Morgan fingerprint density at radius 3 is 2.50 bits per heavy atom. The molecule has 1 fully saturated rings. The molecule has 0 radical (unpaired) electrons. The average molecular weight is 346 g/mol. The van der Waals surface area contributed by atoms with Crippen molar-refractivity contribution in [1.29, 1.82) is 0 Å². The van der Waals surface area contributed by atoms with Crippen LogP contribution in [0.3, 0.4) is 0 Å². The van der Waals surface area contributed by atoms with E-state index in [1.165, 1.54) is 24.5 Å². The van der Waals surface area contributed by atoms with Crippen molar-refractivity contribution in [2.75, 3.05) is 17.7 Å². The predicted octanol–water partition coefficient (Wildman–Crippen LogP) is 2.29. The molecule has 1 saturated heterocycles. The number of aromatic nitrogens is 1. The first-order valence-corrected chi connectivity index (χ1v) is 9.36. The Kier molecular flexibility index (Phi) is 4.92. The van der Waals surface area contributed by atoms with Crippen LogP contribution >= 0.6 is 0 Å². The van der Waals surface area contributed by atoms with E-state index in [9.17, 15) is 13.2 Å². The molecule has 1 aliphatic rings. The highest BCUT2D eigenvalue weighted by Gasteiger charge is 2.24.